The molecule has 2 nitrogen and oxygen atoms in total. The maximum absolute atomic E-state index is 10.3. The molecule has 106 valence electrons. The summed E-state index contributed by atoms with van der Waals surface area (Å²) >= 11 is 0. The molecule has 0 radical (unpaired) electrons. The Labute approximate surface area is 112 Å². The van der Waals surface area contributed by atoms with Crippen LogP contribution < -0.4 is 0 Å². The van der Waals surface area contributed by atoms with Crippen LogP contribution in [0.25, 0.3) is 0 Å². The molecular weight excluding hydrogens is 224 g/mol. The number of rotatable bonds is 8. The van der Waals surface area contributed by atoms with E-state index in [4.69, 9.17) is 0 Å². The van der Waals surface area contributed by atoms with Crippen LogP contribution in [0.4, 0.5) is 0 Å². The van der Waals surface area contributed by atoms with Gasteiger partial charge in [0.05, 0.1) is 12.2 Å². The second kappa shape index (κ2) is 8.49. The van der Waals surface area contributed by atoms with Gasteiger partial charge in [-0.2, -0.15) is 0 Å². The Bertz CT molecular complexity index is 258. The lowest BCUT2D eigenvalue weighted by Gasteiger charge is -2.31. The lowest BCUT2D eigenvalue weighted by Crippen LogP contribution is -2.37. The highest BCUT2D eigenvalue weighted by atomic mass is 16.3. The molecule has 2 N–H and O–H groups in total. The molecule has 0 aliphatic rings. The van der Waals surface area contributed by atoms with E-state index in [0.717, 1.165) is 6.42 Å². The third kappa shape index (κ3) is 5.83. The second-order valence-electron chi connectivity index (χ2n) is 5.93. The molecule has 0 fully saturated rings. The summed E-state index contributed by atoms with van der Waals surface area (Å²) < 4.78 is 0. The number of aliphatic hydroxyl groups is 2. The van der Waals surface area contributed by atoms with E-state index in [1.807, 2.05) is 26.0 Å². The summed E-state index contributed by atoms with van der Waals surface area (Å²) in [5, 5.41) is 20.5. The third-order valence-electron chi connectivity index (χ3n) is 3.59. The highest BCUT2D eigenvalue weighted by Gasteiger charge is 2.29. The van der Waals surface area contributed by atoms with E-state index in [2.05, 4.69) is 27.4 Å². The smallest absolute Gasteiger partial charge is 0.0650 e. The van der Waals surface area contributed by atoms with Gasteiger partial charge in [0.1, 0.15) is 0 Å². The Morgan fingerprint density at radius 2 is 1.56 bits per heavy atom. The maximum Gasteiger partial charge on any atom is 0.0650 e. The molecule has 0 aromatic carbocycles. The Morgan fingerprint density at radius 3 is 2.00 bits per heavy atom. The largest absolute Gasteiger partial charge is 0.392 e. The van der Waals surface area contributed by atoms with Gasteiger partial charge in [-0.1, -0.05) is 59.4 Å². The minimum atomic E-state index is -0.522. The topological polar surface area (TPSA) is 40.5 Å². The standard InChI is InChI=1S/C16H30O2/c1-7-8-9-12(4)15(17)14(6)16(18)13(5)10-11(2)3/h7-9,11-18H,1,10H2,2-6H3/b9-8-/t12-,13-,14+,15-,16+/m0/s1. The first kappa shape index (κ1) is 17.4. The molecule has 2 heteroatoms. The molecule has 0 aromatic rings. The highest BCUT2D eigenvalue weighted by Crippen LogP contribution is 2.25. The van der Waals surface area contributed by atoms with E-state index in [1.54, 1.807) is 6.08 Å². The third-order valence-corrected chi connectivity index (χ3v) is 3.59. The summed E-state index contributed by atoms with van der Waals surface area (Å²) in [4.78, 5) is 0. The molecule has 0 amide bonds. The lowest BCUT2D eigenvalue weighted by atomic mass is 9.81. The second-order valence-corrected chi connectivity index (χ2v) is 5.93. The van der Waals surface area contributed by atoms with Crippen LogP contribution >= 0.6 is 0 Å². The van der Waals surface area contributed by atoms with E-state index < -0.39 is 12.2 Å². The minimum Gasteiger partial charge on any atom is -0.392 e. The summed E-state index contributed by atoms with van der Waals surface area (Å²) in [5.74, 6) is 0.685. The summed E-state index contributed by atoms with van der Waals surface area (Å²) in [7, 11) is 0. The molecule has 0 heterocycles. The van der Waals surface area contributed by atoms with Crippen LogP contribution in [0.1, 0.15) is 41.0 Å². The zero-order valence-corrected chi connectivity index (χ0v) is 12.5. The molecule has 0 aliphatic heterocycles. The van der Waals surface area contributed by atoms with Crippen LogP contribution in [0, 0.1) is 23.7 Å². The van der Waals surface area contributed by atoms with Crippen molar-refractivity contribution in [1.29, 1.82) is 0 Å². The maximum atomic E-state index is 10.3. The number of hydrogen-bond acceptors (Lipinski definition) is 2. The zero-order chi connectivity index (χ0) is 14.3. The Kier molecular flexibility index (Phi) is 8.21. The Hall–Kier alpha value is -0.600. The molecule has 0 aromatic heterocycles. The van der Waals surface area contributed by atoms with E-state index in [-0.39, 0.29) is 17.8 Å². The number of aliphatic hydroxyl groups excluding tert-OH is 2. The first-order valence-corrected chi connectivity index (χ1v) is 6.96. The van der Waals surface area contributed by atoms with Crippen molar-refractivity contribution < 1.29 is 10.2 Å². The van der Waals surface area contributed by atoms with Crippen molar-refractivity contribution in [2.45, 2.75) is 53.2 Å². The van der Waals surface area contributed by atoms with Crippen LogP contribution in [-0.2, 0) is 0 Å². The summed E-state index contributed by atoms with van der Waals surface area (Å²) in [6, 6.07) is 0. The summed E-state index contributed by atoms with van der Waals surface area (Å²) in [6.07, 6.45) is 5.46. The normalized spacial score (nSPS) is 20.7. The van der Waals surface area contributed by atoms with Gasteiger partial charge in [-0.25, -0.2) is 0 Å². The van der Waals surface area contributed by atoms with E-state index >= 15 is 0 Å². The molecule has 0 aliphatic carbocycles. The van der Waals surface area contributed by atoms with Gasteiger partial charge in [0.25, 0.3) is 0 Å². The van der Waals surface area contributed by atoms with Crippen molar-refractivity contribution in [3.8, 4) is 0 Å². The fourth-order valence-electron chi connectivity index (χ4n) is 2.45. The van der Waals surface area contributed by atoms with Crippen molar-refractivity contribution in [3.63, 3.8) is 0 Å². The van der Waals surface area contributed by atoms with Gasteiger partial charge in [0.15, 0.2) is 0 Å². The first-order valence-electron chi connectivity index (χ1n) is 6.96. The number of allylic oxidation sites excluding steroid dienone is 2. The quantitative estimate of drug-likeness (QED) is 0.652. The average molecular weight is 254 g/mol. The predicted octanol–water partition coefficient (Wildman–Crippen LogP) is 3.40. The molecule has 0 rings (SSSR count). The van der Waals surface area contributed by atoms with Crippen LogP contribution in [0.2, 0.25) is 0 Å². The van der Waals surface area contributed by atoms with Gasteiger partial charge < -0.3 is 10.2 Å². The minimum absolute atomic E-state index is 0.0268. The van der Waals surface area contributed by atoms with Crippen molar-refractivity contribution in [1.82, 2.24) is 0 Å². The molecule has 0 saturated carbocycles. The SMILES string of the molecule is C=C/C=C\[C@H](C)[C@H](O)[C@@H](C)[C@H](O)[C@@H](C)CC(C)C. The highest BCUT2D eigenvalue weighted by molar-refractivity contribution is 5.01. The van der Waals surface area contributed by atoms with Crippen LogP contribution in [0.5, 0.6) is 0 Å². The van der Waals surface area contributed by atoms with Gasteiger partial charge in [0, 0.05) is 11.8 Å². The molecular formula is C16H30O2. The van der Waals surface area contributed by atoms with Crippen molar-refractivity contribution >= 4 is 0 Å². The Morgan fingerprint density at radius 1 is 1.00 bits per heavy atom. The van der Waals surface area contributed by atoms with Crippen LogP contribution in [-0.4, -0.2) is 22.4 Å². The van der Waals surface area contributed by atoms with Crippen LogP contribution in [0.15, 0.2) is 24.8 Å². The van der Waals surface area contributed by atoms with E-state index in [1.165, 1.54) is 0 Å². The van der Waals surface area contributed by atoms with Crippen molar-refractivity contribution in [3.05, 3.63) is 24.8 Å². The van der Waals surface area contributed by atoms with Gasteiger partial charge in [-0.15, -0.1) is 0 Å². The lowest BCUT2D eigenvalue weighted by molar-refractivity contribution is -0.0240. The molecule has 0 saturated heterocycles. The Balaban J connectivity index is 4.47. The van der Waals surface area contributed by atoms with Crippen molar-refractivity contribution in [2.24, 2.45) is 23.7 Å². The monoisotopic (exact) mass is 254 g/mol. The zero-order valence-electron chi connectivity index (χ0n) is 12.5. The fourth-order valence-corrected chi connectivity index (χ4v) is 2.45. The van der Waals surface area contributed by atoms with Gasteiger partial charge in [-0.05, 0) is 18.3 Å². The first-order chi connectivity index (χ1) is 8.31. The molecule has 0 spiro atoms. The van der Waals surface area contributed by atoms with Gasteiger partial charge >= 0.3 is 0 Å². The fraction of sp³-hybridized carbons (Fsp3) is 0.750. The molecule has 0 bridgehead atoms. The van der Waals surface area contributed by atoms with E-state index in [9.17, 15) is 10.2 Å². The van der Waals surface area contributed by atoms with Gasteiger partial charge in [0.2, 0.25) is 0 Å². The van der Waals surface area contributed by atoms with Crippen LogP contribution in [0.3, 0.4) is 0 Å². The molecule has 18 heavy (non-hydrogen) atoms. The number of hydrogen-bond donors (Lipinski definition) is 2. The van der Waals surface area contributed by atoms with E-state index in [0.29, 0.717) is 5.92 Å². The molecule has 5 atom stereocenters. The molecule has 0 unspecified atom stereocenters. The average Bonchev–Trinajstić information content (AvgIpc) is 2.32. The predicted molar refractivity (Wildman–Crippen MR) is 78.3 cm³/mol. The van der Waals surface area contributed by atoms with Crippen molar-refractivity contribution in [2.75, 3.05) is 0 Å². The summed E-state index contributed by atoms with van der Waals surface area (Å²) in [6.45, 7) is 13.9. The summed E-state index contributed by atoms with van der Waals surface area (Å²) in [5.41, 5.74) is 0. The van der Waals surface area contributed by atoms with Gasteiger partial charge in [-0.3, -0.25) is 0 Å².